The first-order chi connectivity index (χ1) is 49.5. The van der Waals surface area contributed by atoms with Crippen molar-refractivity contribution < 1.29 is 80.2 Å². The molecule has 606 valence electrons. The zero-order valence-electron chi connectivity index (χ0n) is 66.8. The van der Waals surface area contributed by atoms with E-state index in [4.69, 9.17) is 37.0 Å². The van der Waals surface area contributed by atoms with Crippen LogP contribution >= 0.6 is 15.6 Å². The normalized spacial score (nSPS) is 13.8. The van der Waals surface area contributed by atoms with Crippen molar-refractivity contribution in [1.82, 2.24) is 0 Å². The number of phosphoric acid groups is 2. The van der Waals surface area contributed by atoms with E-state index in [1.165, 1.54) is 270 Å². The van der Waals surface area contributed by atoms with E-state index >= 15 is 0 Å². The summed E-state index contributed by atoms with van der Waals surface area (Å²) in [7, 11) is -9.92. The first-order valence-corrected chi connectivity index (χ1v) is 46.1. The van der Waals surface area contributed by atoms with Crippen LogP contribution < -0.4 is 0 Å². The number of aliphatic hydroxyl groups excluding tert-OH is 1. The molecule has 0 saturated heterocycles. The van der Waals surface area contributed by atoms with Gasteiger partial charge in [-0.05, 0) is 31.6 Å². The smallest absolute Gasteiger partial charge is 0.462 e. The number of hydrogen-bond acceptors (Lipinski definition) is 15. The molecule has 0 radical (unpaired) electrons. The molecule has 0 spiro atoms. The number of ether oxygens (including phenoxy) is 4. The molecule has 0 aromatic heterocycles. The van der Waals surface area contributed by atoms with Crippen molar-refractivity contribution in [3.63, 3.8) is 0 Å². The first kappa shape index (κ1) is 100. The molecular formula is C83H162O17P2. The third-order valence-electron chi connectivity index (χ3n) is 19.5. The van der Waals surface area contributed by atoms with Crippen LogP contribution in [0.15, 0.2) is 0 Å². The number of carbonyl (C=O) groups is 4. The summed E-state index contributed by atoms with van der Waals surface area (Å²) in [6, 6.07) is 0. The summed E-state index contributed by atoms with van der Waals surface area (Å²) < 4.78 is 68.8. The Morgan fingerprint density at radius 2 is 0.451 bits per heavy atom. The van der Waals surface area contributed by atoms with Crippen LogP contribution in [0.2, 0.25) is 0 Å². The minimum atomic E-state index is -4.96. The summed E-state index contributed by atoms with van der Waals surface area (Å²) >= 11 is 0. The van der Waals surface area contributed by atoms with Crippen molar-refractivity contribution in [2.24, 2.45) is 5.92 Å². The van der Waals surface area contributed by atoms with Gasteiger partial charge in [0.15, 0.2) is 12.2 Å². The van der Waals surface area contributed by atoms with Crippen molar-refractivity contribution in [3.05, 3.63) is 0 Å². The monoisotopic (exact) mass is 1490 g/mol. The molecule has 0 aliphatic carbocycles. The van der Waals surface area contributed by atoms with Gasteiger partial charge >= 0.3 is 39.5 Å². The van der Waals surface area contributed by atoms with E-state index in [1.807, 2.05) is 0 Å². The van der Waals surface area contributed by atoms with Crippen LogP contribution in [0.3, 0.4) is 0 Å². The number of phosphoric ester groups is 2. The molecule has 0 saturated carbocycles. The minimum absolute atomic E-state index is 0.108. The molecule has 0 aliphatic rings. The predicted molar refractivity (Wildman–Crippen MR) is 418 cm³/mol. The maximum Gasteiger partial charge on any atom is 0.472 e. The summed E-state index contributed by atoms with van der Waals surface area (Å²) in [6.07, 6.45) is 68.0. The molecule has 0 bridgehead atoms. The Hall–Kier alpha value is -1.94. The molecule has 0 rings (SSSR count). The maximum absolute atomic E-state index is 13.1. The van der Waals surface area contributed by atoms with Crippen LogP contribution in [0.4, 0.5) is 0 Å². The van der Waals surface area contributed by atoms with Crippen LogP contribution in [0.1, 0.15) is 446 Å². The molecule has 5 atom stereocenters. The second-order valence-electron chi connectivity index (χ2n) is 30.3. The third kappa shape index (κ3) is 76.3. The first-order valence-electron chi connectivity index (χ1n) is 43.1. The molecule has 0 aromatic carbocycles. The van der Waals surface area contributed by atoms with Gasteiger partial charge in [-0.1, -0.05) is 394 Å². The molecule has 0 fully saturated rings. The second-order valence-corrected chi connectivity index (χ2v) is 33.3. The number of esters is 4. The Bertz CT molecular complexity index is 1940. The largest absolute Gasteiger partial charge is 0.472 e. The van der Waals surface area contributed by atoms with Crippen LogP contribution in [0.5, 0.6) is 0 Å². The van der Waals surface area contributed by atoms with Crippen LogP contribution in [0, 0.1) is 5.92 Å². The highest BCUT2D eigenvalue weighted by atomic mass is 31.2. The van der Waals surface area contributed by atoms with Crippen molar-refractivity contribution in [3.8, 4) is 0 Å². The van der Waals surface area contributed by atoms with E-state index in [0.29, 0.717) is 25.7 Å². The van der Waals surface area contributed by atoms with E-state index < -0.39 is 97.5 Å². The summed E-state index contributed by atoms with van der Waals surface area (Å²) in [5, 5.41) is 10.7. The lowest BCUT2D eigenvalue weighted by Crippen LogP contribution is -2.30. The lowest BCUT2D eigenvalue weighted by Gasteiger charge is -2.21. The minimum Gasteiger partial charge on any atom is -0.462 e. The molecular weight excluding hydrogens is 1330 g/mol. The number of carbonyl (C=O) groups excluding carboxylic acids is 4. The topological polar surface area (TPSA) is 237 Å². The average Bonchev–Trinajstić information content (AvgIpc) is 0.928. The Morgan fingerprint density at radius 1 is 0.265 bits per heavy atom. The highest BCUT2D eigenvalue weighted by Gasteiger charge is 2.30. The summed E-state index contributed by atoms with van der Waals surface area (Å²) in [5.41, 5.74) is 0. The van der Waals surface area contributed by atoms with Crippen molar-refractivity contribution in [2.45, 2.75) is 464 Å². The van der Waals surface area contributed by atoms with Gasteiger partial charge in [-0.2, -0.15) is 0 Å². The molecule has 19 heteroatoms. The van der Waals surface area contributed by atoms with Gasteiger partial charge in [-0.3, -0.25) is 37.3 Å². The van der Waals surface area contributed by atoms with Crippen LogP contribution in [-0.2, 0) is 65.4 Å². The van der Waals surface area contributed by atoms with Crippen LogP contribution in [0.25, 0.3) is 0 Å². The fourth-order valence-electron chi connectivity index (χ4n) is 12.9. The van der Waals surface area contributed by atoms with Crippen molar-refractivity contribution in [1.29, 1.82) is 0 Å². The summed E-state index contributed by atoms with van der Waals surface area (Å²) in [6.45, 7) is 7.32. The quantitative estimate of drug-likeness (QED) is 0.0222. The van der Waals surface area contributed by atoms with Gasteiger partial charge in [0.25, 0.3) is 0 Å². The number of unbranched alkanes of at least 4 members (excludes halogenated alkanes) is 55. The SMILES string of the molecule is CCCCCCCCCCCCCCCCCCCCCCCCC(=O)O[C@H](COC(=O)CCCCCCCCCCCCCCCCC)COP(=O)(O)OC[C@@H](O)COP(=O)(O)OC[C@@H](COC(=O)CCCCCCCCCCCC(C)C)OC(=O)CCCCCCCCCCCCCCC. The highest BCUT2D eigenvalue weighted by molar-refractivity contribution is 7.47. The Kier molecular flexibility index (Phi) is 74.4. The molecule has 0 aromatic rings. The maximum atomic E-state index is 13.1. The van der Waals surface area contributed by atoms with E-state index in [9.17, 15) is 43.2 Å². The fraction of sp³-hybridized carbons (Fsp3) is 0.952. The molecule has 0 heterocycles. The van der Waals surface area contributed by atoms with Gasteiger partial charge in [-0.25, -0.2) is 9.13 Å². The van der Waals surface area contributed by atoms with Gasteiger partial charge in [0.1, 0.15) is 19.3 Å². The lowest BCUT2D eigenvalue weighted by atomic mass is 10.0. The van der Waals surface area contributed by atoms with E-state index in [1.54, 1.807) is 0 Å². The van der Waals surface area contributed by atoms with Gasteiger partial charge in [0.05, 0.1) is 26.4 Å². The Balaban J connectivity index is 5.22. The summed E-state index contributed by atoms with van der Waals surface area (Å²) in [4.78, 5) is 73.1. The van der Waals surface area contributed by atoms with Crippen molar-refractivity contribution >= 4 is 39.5 Å². The second kappa shape index (κ2) is 75.9. The number of rotatable bonds is 83. The third-order valence-corrected chi connectivity index (χ3v) is 21.4. The molecule has 0 aliphatic heterocycles. The predicted octanol–water partition coefficient (Wildman–Crippen LogP) is 25.2. The fourth-order valence-corrected chi connectivity index (χ4v) is 14.5. The van der Waals surface area contributed by atoms with E-state index in [-0.39, 0.29) is 25.7 Å². The zero-order valence-corrected chi connectivity index (χ0v) is 68.5. The van der Waals surface area contributed by atoms with Crippen LogP contribution in [-0.4, -0.2) is 96.7 Å². The molecule has 3 N–H and O–H groups in total. The Labute approximate surface area is 626 Å². The van der Waals surface area contributed by atoms with Gasteiger partial charge in [0.2, 0.25) is 0 Å². The molecule has 17 nitrogen and oxygen atoms in total. The van der Waals surface area contributed by atoms with E-state index in [0.717, 1.165) is 95.8 Å². The summed E-state index contributed by atoms with van der Waals surface area (Å²) in [5.74, 6) is -1.36. The molecule has 102 heavy (non-hydrogen) atoms. The lowest BCUT2D eigenvalue weighted by molar-refractivity contribution is -0.161. The Morgan fingerprint density at radius 3 is 0.667 bits per heavy atom. The molecule has 0 amide bonds. The number of aliphatic hydroxyl groups is 1. The average molecular weight is 1490 g/mol. The van der Waals surface area contributed by atoms with Gasteiger partial charge in [0, 0.05) is 25.7 Å². The van der Waals surface area contributed by atoms with Gasteiger partial charge in [-0.15, -0.1) is 0 Å². The van der Waals surface area contributed by atoms with E-state index in [2.05, 4.69) is 34.6 Å². The standard InChI is InChI=1S/C83H162O17P2/c1-6-9-12-15-18-21-24-27-29-30-31-32-33-34-35-37-40-43-48-54-59-64-69-83(88)99-78(72-93-80(85)66-61-56-51-46-41-39-36-28-25-22-19-16-13-10-7-2)74-97-101(89,90)95-70-77(84)71-96-102(91,92)98-75-79(73-94-81(86)67-62-57-52-49-44-45-50-55-60-65-76(4)5)100-82(87)68-63-58-53-47-42-38-26-23-20-17-14-11-8-3/h76-79,84H,6-75H2,1-5H3,(H,89,90)(H,91,92)/t77-,78-,79-/m1/s1. The van der Waals surface area contributed by atoms with Gasteiger partial charge < -0.3 is 33.8 Å². The van der Waals surface area contributed by atoms with Crippen molar-refractivity contribution in [2.75, 3.05) is 39.6 Å². The number of hydrogen-bond donors (Lipinski definition) is 3. The zero-order chi connectivity index (χ0) is 74.8. The highest BCUT2D eigenvalue weighted by Crippen LogP contribution is 2.45. The molecule has 2 unspecified atom stereocenters.